The minimum atomic E-state index is -0.751. The number of aliphatic hydroxyl groups is 1. The topological polar surface area (TPSA) is 70.1 Å². The van der Waals surface area contributed by atoms with Crippen molar-refractivity contribution in [3.63, 3.8) is 0 Å². The van der Waals surface area contributed by atoms with Crippen LogP contribution in [0.4, 0.5) is 11.4 Å². The molecule has 0 aromatic heterocycles. The fraction of sp³-hybridized carbons (Fsp3) is 0.290. The van der Waals surface area contributed by atoms with Gasteiger partial charge >= 0.3 is 0 Å². The first-order valence-corrected chi connectivity index (χ1v) is 12.9. The van der Waals surface area contributed by atoms with E-state index in [0.717, 1.165) is 36.3 Å². The Kier molecular flexibility index (Phi) is 6.99. The van der Waals surface area contributed by atoms with Gasteiger partial charge in [0, 0.05) is 30.0 Å². The molecule has 0 aliphatic carbocycles. The van der Waals surface area contributed by atoms with E-state index in [0.29, 0.717) is 23.6 Å². The fourth-order valence-electron chi connectivity index (χ4n) is 5.19. The lowest BCUT2D eigenvalue weighted by atomic mass is 9.92. The molecule has 2 fully saturated rings. The van der Waals surface area contributed by atoms with Gasteiger partial charge in [0.25, 0.3) is 11.7 Å². The zero-order chi connectivity index (χ0) is 25.9. The number of aliphatic hydroxyl groups excluding tert-OH is 1. The number of anilines is 2. The predicted octanol–water partition coefficient (Wildman–Crippen LogP) is 6.01. The summed E-state index contributed by atoms with van der Waals surface area (Å²) in [7, 11) is 0. The van der Waals surface area contributed by atoms with Crippen LogP contribution in [0.1, 0.15) is 48.9 Å². The Balaban J connectivity index is 1.61. The van der Waals surface area contributed by atoms with Gasteiger partial charge in [0.05, 0.1) is 18.2 Å². The van der Waals surface area contributed by atoms with Crippen LogP contribution >= 0.6 is 0 Å². The molecule has 0 spiro atoms. The predicted molar refractivity (Wildman–Crippen MR) is 146 cm³/mol. The number of aryl methyl sites for hydroxylation is 1. The van der Waals surface area contributed by atoms with Gasteiger partial charge in [-0.1, -0.05) is 43.3 Å². The Morgan fingerprint density at radius 1 is 0.946 bits per heavy atom. The summed E-state index contributed by atoms with van der Waals surface area (Å²) >= 11 is 0. The van der Waals surface area contributed by atoms with E-state index in [4.69, 9.17) is 4.74 Å². The molecular weight excluding hydrogens is 464 g/mol. The van der Waals surface area contributed by atoms with Gasteiger partial charge in [-0.05, 0) is 73.7 Å². The fourth-order valence-corrected chi connectivity index (χ4v) is 5.19. The minimum Gasteiger partial charge on any atom is -0.507 e. The lowest BCUT2D eigenvalue weighted by Crippen LogP contribution is -2.29. The number of ether oxygens (including phenoxy) is 1. The largest absolute Gasteiger partial charge is 0.507 e. The van der Waals surface area contributed by atoms with Crippen molar-refractivity contribution < 1.29 is 19.4 Å². The molecule has 3 aromatic rings. The van der Waals surface area contributed by atoms with Crippen LogP contribution in [0.5, 0.6) is 5.75 Å². The monoisotopic (exact) mass is 496 g/mol. The third-order valence-corrected chi connectivity index (χ3v) is 7.11. The van der Waals surface area contributed by atoms with Crippen LogP contribution in [0.3, 0.4) is 0 Å². The molecule has 0 bridgehead atoms. The highest BCUT2D eigenvalue weighted by Gasteiger charge is 2.47. The number of nitrogens with zero attached hydrogens (tertiary/aromatic N) is 2. The van der Waals surface area contributed by atoms with Gasteiger partial charge < -0.3 is 14.7 Å². The molecule has 1 amide bonds. The molecule has 6 nitrogen and oxygen atoms in total. The van der Waals surface area contributed by atoms with Crippen LogP contribution in [-0.4, -0.2) is 36.5 Å². The Morgan fingerprint density at radius 3 is 2.35 bits per heavy atom. The molecule has 5 rings (SSSR count). The summed E-state index contributed by atoms with van der Waals surface area (Å²) in [6, 6.07) is 21.7. The second kappa shape index (κ2) is 10.5. The number of carbonyl (C=O) groups excluding carboxylic acids is 2. The number of benzene rings is 3. The van der Waals surface area contributed by atoms with E-state index >= 15 is 0 Å². The summed E-state index contributed by atoms with van der Waals surface area (Å²) in [6.45, 7) is 6.56. The number of rotatable bonds is 7. The van der Waals surface area contributed by atoms with Crippen molar-refractivity contribution in [2.75, 3.05) is 29.5 Å². The molecule has 2 heterocycles. The Labute approximate surface area is 217 Å². The summed E-state index contributed by atoms with van der Waals surface area (Å²) in [6.07, 6.45) is 3.20. The number of Topliss-reactive ketones (excluding diaryl/α,β-unsaturated/α-hetero) is 1. The van der Waals surface area contributed by atoms with Crippen molar-refractivity contribution in [3.8, 4) is 5.75 Å². The summed E-state index contributed by atoms with van der Waals surface area (Å²) in [5, 5.41) is 11.5. The average Bonchev–Trinajstić information content (AvgIpc) is 3.55. The maximum Gasteiger partial charge on any atom is 0.300 e. The summed E-state index contributed by atoms with van der Waals surface area (Å²) < 4.78 is 5.73. The molecule has 37 heavy (non-hydrogen) atoms. The molecule has 2 aliphatic rings. The smallest absolute Gasteiger partial charge is 0.300 e. The number of hydrogen-bond acceptors (Lipinski definition) is 5. The van der Waals surface area contributed by atoms with E-state index in [1.165, 1.54) is 17.7 Å². The lowest BCUT2D eigenvalue weighted by molar-refractivity contribution is -0.132. The van der Waals surface area contributed by atoms with Crippen molar-refractivity contribution in [1.82, 2.24) is 0 Å². The molecule has 0 saturated carbocycles. The molecule has 6 heteroatoms. The first kappa shape index (κ1) is 24.6. The summed E-state index contributed by atoms with van der Waals surface area (Å²) in [5.74, 6) is -0.953. The summed E-state index contributed by atoms with van der Waals surface area (Å²) in [5.41, 5.74) is 3.97. The second-order valence-corrected chi connectivity index (χ2v) is 9.61. The van der Waals surface area contributed by atoms with E-state index in [-0.39, 0.29) is 11.3 Å². The standard InChI is InChI=1S/C31H32N2O4/c1-3-19-37-25-11-8-10-22(20-25)29(34)27-28(26-12-5-4-9-21(26)2)33(31(36)30(27)35)24-15-13-23(14-16-24)32-17-6-7-18-32/h4-5,8-16,20,28,34H,3,6-7,17-19H2,1-2H3/b29-27+. The van der Waals surface area contributed by atoms with Gasteiger partial charge in [0.15, 0.2) is 0 Å². The third-order valence-electron chi connectivity index (χ3n) is 7.11. The van der Waals surface area contributed by atoms with Crippen LogP contribution < -0.4 is 14.5 Å². The highest BCUT2D eigenvalue weighted by atomic mass is 16.5. The Hall–Kier alpha value is -4.06. The third kappa shape index (κ3) is 4.71. The number of carbonyl (C=O) groups is 2. The van der Waals surface area contributed by atoms with E-state index in [2.05, 4.69) is 4.90 Å². The molecule has 1 atom stereocenters. The van der Waals surface area contributed by atoms with Crippen molar-refractivity contribution >= 4 is 28.8 Å². The zero-order valence-electron chi connectivity index (χ0n) is 21.3. The maximum atomic E-state index is 13.5. The van der Waals surface area contributed by atoms with Crippen LogP contribution in [0, 0.1) is 6.92 Å². The molecule has 2 aliphatic heterocycles. The molecule has 2 saturated heterocycles. The van der Waals surface area contributed by atoms with E-state index < -0.39 is 17.7 Å². The SMILES string of the molecule is CCCOc1cccc(/C(O)=C2\C(=O)C(=O)N(c3ccc(N4CCCC4)cc3)C2c2ccccc2C)c1. The molecular formula is C31H32N2O4. The average molecular weight is 497 g/mol. The van der Waals surface area contributed by atoms with Crippen LogP contribution in [0.2, 0.25) is 0 Å². The van der Waals surface area contributed by atoms with Crippen LogP contribution in [0.25, 0.3) is 5.76 Å². The van der Waals surface area contributed by atoms with Gasteiger partial charge in [-0.15, -0.1) is 0 Å². The van der Waals surface area contributed by atoms with Crippen molar-refractivity contribution in [2.45, 2.75) is 39.2 Å². The normalized spacial score (nSPS) is 19.0. The lowest BCUT2D eigenvalue weighted by Gasteiger charge is -2.27. The Morgan fingerprint density at radius 2 is 1.65 bits per heavy atom. The quantitative estimate of drug-likeness (QED) is 0.246. The van der Waals surface area contributed by atoms with Gasteiger partial charge in [0.1, 0.15) is 11.5 Å². The molecule has 190 valence electrons. The van der Waals surface area contributed by atoms with Gasteiger partial charge in [-0.3, -0.25) is 14.5 Å². The molecule has 1 N–H and O–H groups in total. The number of hydrogen-bond donors (Lipinski definition) is 1. The first-order valence-electron chi connectivity index (χ1n) is 12.9. The van der Waals surface area contributed by atoms with Crippen molar-refractivity contribution in [1.29, 1.82) is 0 Å². The maximum absolute atomic E-state index is 13.5. The van der Waals surface area contributed by atoms with Crippen LogP contribution in [0.15, 0.2) is 78.4 Å². The van der Waals surface area contributed by atoms with Crippen molar-refractivity contribution in [2.24, 2.45) is 0 Å². The first-order chi connectivity index (χ1) is 18.0. The van der Waals surface area contributed by atoms with Gasteiger partial charge in [-0.2, -0.15) is 0 Å². The molecule has 3 aromatic carbocycles. The highest BCUT2D eigenvalue weighted by molar-refractivity contribution is 6.51. The molecule has 1 unspecified atom stereocenters. The second-order valence-electron chi connectivity index (χ2n) is 9.61. The van der Waals surface area contributed by atoms with Crippen LogP contribution in [-0.2, 0) is 9.59 Å². The van der Waals surface area contributed by atoms with E-state index in [1.54, 1.807) is 18.2 Å². The number of amides is 1. The summed E-state index contributed by atoms with van der Waals surface area (Å²) in [4.78, 5) is 30.8. The van der Waals surface area contributed by atoms with E-state index in [1.807, 2.05) is 68.4 Å². The zero-order valence-corrected chi connectivity index (χ0v) is 21.3. The van der Waals surface area contributed by atoms with Crippen molar-refractivity contribution in [3.05, 3.63) is 95.1 Å². The van der Waals surface area contributed by atoms with E-state index in [9.17, 15) is 14.7 Å². The van der Waals surface area contributed by atoms with Gasteiger partial charge in [-0.25, -0.2) is 0 Å². The Bertz CT molecular complexity index is 1340. The highest BCUT2D eigenvalue weighted by Crippen LogP contribution is 2.43. The molecule has 0 radical (unpaired) electrons. The number of ketones is 1. The van der Waals surface area contributed by atoms with Gasteiger partial charge in [0.2, 0.25) is 0 Å². The minimum absolute atomic E-state index is 0.0792.